The molecule has 178 valence electrons. The van der Waals surface area contributed by atoms with Crippen molar-refractivity contribution in [3.8, 4) is 23.3 Å². The van der Waals surface area contributed by atoms with Crippen LogP contribution >= 0.6 is 11.6 Å². The monoisotopic (exact) mass is 488 g/mol. The fourth-order valence-corrected chi connectivity index (χ4v) is 3.98. The van der Waals surface area contributed by atoms with Crippen molar-refractivity contribution < 1.29 is 19.0 Å². The van der Waals surface area contributed by atoms with E-state index in [1.54, 1.807) is 30.3 Å². The van der Waals surface area contributed by atoms with Gasteiger partial charge in [-0.1, -0.05) is 62.7 Å². The molecule has 4 rings (SSSR count). The Balaban J connectivity index is 1.48. The van der Waals surface area contributed by atoms with Gasteiger partial charge in [-0.05, 0) is 46.9 Å². The largest absolute Gasteiger partial charge is 0.482 e. The lowest BCUT2D eigenvalue weighted by Gasteiger charge is -2.26. The molecule has 0 fully saturated rings. The van der Waals surface area contributed by atoms with Crippen LogP contribution in [0.15, 0.2) is 78.2 Å². The maximum Gasteiger partial charge on any atom is 0.349 e. The Morgan fingerprint density at radius 3 is 2.34 bits per heavy atom. The summed E-state index contributed by atoms with van der Waals surface area (Å²) < 4.78 is 16.7. The molecule has 1 atom stereocenters. The first-order valence-electron chi connectivity index (χ1n) is 11.1. The summed E-state index contributed by atoms with van der Waals surface area (Å²) in [7, 11) is 0. The van der Waals surface area contributed by atoms with Crippen LogP contribution in [0.5, 0.6) is 17.2 Å². The van der Waals surface area contributed by atoms with Gasteiger partial charge in [0.2, 0.25) is 5.88 Å². The van der Waals surface area contributed by atoms with Crippen LogP contribution in [0.2, 0.25) is 5.02 Å². The number of ether oxygens (including phenoxy) is 3. The van der Waals surface area contributed by atoms with Crippen LogP contribution in [-0.4, -0.2) is 12.6 Å². The number of nitrogens with zero attached hydrogens (tertiary/aromatic N) is 1. The van der Waals surface area contributed by atoms with Crippen molar-refractivity contribution in [3.63, 3.8) is 0 Å². The van der Waals surface area contributed by atoms with E-state index >= 15 is 0 Å². The van der Waals surface area contributed by atoms with Crippen LogP contribution in [0.1, 0.15) is 43.4 Å². The van der Waals surface area contributed by atoms with Gasteiger partial charge >= 0.3 is 5.97 Å². The highest BCUT2D eigenvalue weighted by atomic mass is 35.5. The summed E-state index contributed by atoms with van der Waals surface area (Å²) in [5.74, 6) is 0.289. The number of carbonyl (C=O) groups is 1. The second-order valence-corrected chi connectivity index (χ2v) is 9.65. The number of rotatable bonds is 5. The fraction of sp³-hybridized carbons (Fsp3) is 0.214. The molecule has 0 aliphatic carbocycles. The summed E-state index contributed by atoms with van der Waals surface area (Å²) in [5.41, 5.74) is 9.12. The molecule has 0 amide bonds. The summed E-state index contributed by atoms with van der Waals surface area (Å²) in [4.78, 5) is 12.4. The zero-order chi connectivity index (χ0) is 25.2. The minimum Gasteiger partial charge on any atom is -0.482 e. The van der Waals surface area contributed by atoms with Crippen LogP contribution in [0.3, 0.4) is 0 Å². The van der Waals surface area contributed by atoms with Gasteiger partial charge in [0.1, 0.15) is 28.9 Å². The summed E-state index contributed by atoms with van der Waals surface area (Å²) >= 11 is 6.02. The molecule has 1 heterocycles. The minimum atomic E-state index is -0.559. The Bertz CT molecular complexity index is 1320. The average Bonchev–Trinajstić information content (AvgIpc) is 2.82. The van der Waals surface area contributed by atoms with E-state index in [1.807, 2.05) is 36.4 Å². The maximum absolute atomic E-state index is 12.4. The predicted octanol–water partition coefficient (Wildman–Crippen LogP) is 5.84. The van der Waals surface area contributed by atoms with Crippen LogP contribution < -0.4 is 19.9 Å². The van der Waals surface area contributed by atoms with Gasteiger partial charge in [-0.25, -0.2) is 4.79 Å². The molecule has 0 spiro atoms. The van der Waals surface area contributed by atoms with Gasteiger partial charge < -0.3 is 19.9 Å². The van der Waals surface area contributed by atoms with Gasteiger partial charge in [-0.3, -0.25) is 0 Å². The van der Waals surface area contributed by atoms with Crippen molar-refractivity contribution in [1.29, 1.82) is 5.26 Å². The fourth-order valence-electron chi connectivity index (χ4n) is 3.85. The van der Waals surface area contributed by atoms with Crippen molar-refractivity contribution in [2.45, 2.75) is 32.1 Å². The van der Waals surface area contributed by atoms with E-state index in [0.29, 0.717) is 22.1 Å². The topological polar surface area (TPSA) is 94.6 Å². The average molecular weight is 489 g/mol. The second-order valence-electron chi connectivity index (χ2n) is 9.21. The summed E-state index contributed by atoms with van der Waals surface area (Å²) in [6, 6.07) is 21.9. The molecular weight excluding hydrogens is 464 g/mol. The number of nitriles is 1. The van der Waals surface area contributed by atoms with E-state index in [2.05, 4.69) is 26.8 Å². The van der Waals surface area contributed by atoms with E-state index in [1.165, 1.54) is 5.56 Å². The maximum atomic E-state index is 12.4. The molecule has 0 radical (unpaired) electrons. The first-order valence-corrected chi connectivity index (χ1v) is 11.4. The standard InChI is InChI=1S/C28H25ClN2O4/c1-28(2,3)18-6-10-20(11-7-18)33-16-25(32)34-21-12-13-22-24(14-21)35-27(31)23(15-30)26(22)17-4-8-19(29)9-5-17/h4-14,26H,16,31H2,1-3H3. The van der Waals surface area contributed by atoms with E-state index in [0.717, 1.165) is 11.1 Å². The van der Waals surface area contributed by atoms with Crippen molar-refractivity contribution in [1.82, 2.24) is 0 Å². The minimum absolute atomic E-state index is 0.00506. The third-order valence-corrected chi connectivity index (χ3v) is 5.95. The summed E-state index contributed by atoms with van der Waals surface area (Å²) in [6.45, 7) is 6.14. The number of allylic oxidation sites excluding steroid dienone is 1. The lowest BCUT2D eigenvalue weighted by atomic mass is 9.83. The van der Waals surface area contributed by atoms with Crippen LogP contribution in [0, 0.1) is 11.3 Å². The molecule has 1 aliphatic heterocycles. The van der Waals surface area contributed by atoms with Crippen LogP contribution in [-0.2, 0) is 10.2 Å². The third kappa shape index (κ3) is 5.42. The Kier molecular flexibility index (Phi) is 6.72. The van der Waals surface area contributed by atoms with Gasteiger partial charge in [-0.15, -0.1) is 0 Å². The molecule has 2 N–H and O–H groups in total. The molecule has 1 unspecified atom stereocenters. The van der Waals surface area contributed by atoms with Crippen molar-refractivity contribution in [2.75, 3.05) is 6.61 Å². The van der Waals surface area contributed by atoms with Gasteiger partial charge in [-0.2, -0.15) is 5.26 Å². The quantitative estimate of drug-likeness (QED) is 0.358. The van der Waals surface area contributed by atoms with Crippen molar-refractivity contribution >= 4 is 17.6 Å². The number of halogens is 1. The summed E-state index contributed by atoms with van der Waals surface area (Å²) in [5, 5.41) is 10.3. The van der Waals surface area contributed by atoms with Gasteiger partial charge in [0.15, 0.2) is 6.61 Å². The highest BCUT2D eigenvalue weighted by Crippen LogP contribution is 2.43. The van der Waals surface area contributed by atoms with Crippen molar-refractivity contribution in [3.05, 3.63) is 99.9 Å². The Morgan fingerprint density at radius 1 is 1.06 bits per heavy atom. The van der Waals surface area contributed by atoms with Crippen LogP contribution in [0.25, 0.3) is 0 Å². The van der Waals surface area contributed by atoms with Crippen molar-refractivity contribution in [2.24, 2.45) is 5.73 Å². The zero-order valence-corrected chi connectivity index (χ0v) is 20.4. The lowest BCUT2D eigenvalue weighted by molar-refractivity contribution is -0.136. The molecular formula is C28H25ClN2O4. The number of esters is 1. The lowest BCUT2D eigenvalue weighted by Crippen LogP contribution is -2.21. The molecule has 0 saturated heterocycles. The van der Waals surface area contributed by atoms with E-state index in [4.69, 9.17) is 31.5 Å². The molecule has 1 aliphatic rings. The first-order chi connectivity index (χ1) is 16.7. The second kappa shape index (κ2) is 9.73. The number of carbonyl (C=O) groups excluding carboxylic acids is 1. The van der Waals surface area contributed by atoms with E-state index < -0.39 is 11.9 Å². The molecule has 3 aromatic rings. The number of benzene rings is 3. The third-order valence-electron chi connectivity index (χ3n) is 5.70. The number of fused-ring (bicyclic) bond motifs is 1. The van der Waals surface area contributed by atoms with E-state index in [9.17, 15) is 10.1 Å². The highest BCUT2D eigenvalue weighted by molar-refractivity contribution is 6.30. The van der Waals surface area contributed by atoms with Gasteiger partial charge in [0.05, 0.1) is 5.92 Å². The number of nitrogens with two attached hydrogens (primary N) is 1. The zero-order valence-electron chi connectivity index (χ0n) is 19.7. The smallest absolute Gasteiger partial charge is 0.349 e. The Labute approximate surface area is 209 Å². The molecule has 0 aromatic heterocycles. The SMILES string of the molecule is CC(C)(C)c1ccc(OCC(=O)Oc2ccc3c(c2)OC(N)=C(C#N)C3c2ccc(Cl)cc2)cc1. The molecule has 7 heteroatoms. The first kappa shape index (κ1) is 24.2. The molecule has 3 aromatic carbocycles. The van der Waals surface area contributed by atoms with Gasteiger partial charge in [0.25, 0.3) is 0 Å². The normalized spacial score (nSPS) is 15.0. The molecule has 0 saturated carbocycles. The number of hydrogen-bond donors (Lipinski definition) is 1. The molecule has 0 bridgehead atoms. The Morgan fingerprint density at radius 2 is 1.71 bits per heavy atom. The Hall–Kier alpha value is -3.95. The van der Waals surface area contributed by atoms with Gasteiger partial charge in [0, 0.05) is 16.7 Å². The highest BCUT2D eigenvalue weighted by Gasteiger charge is 2.31. The molecule has 6 nitrogen and oxygen atoms in total. The predicted molar refractivity (Wildman–Crippen MR) is 133 cm³/mol. The summed E-state index contributed by atoms with van der Waals surface area (Å²) in [6.07, 6.45) is 0. The van der Waals surface area contributed by atoms with E-state index in [-0.39, 0.29) is 23.7 Å². The molecule has 35 heavy (non-hydrogen) atoms. The number of hydrogen-bond acceptors (Lipinski definition) is 6. The van der Waals surface area contributed by atoms with Crippen LogP contribution in [0.4, 0.5) is 0 Å².